The van der Waals surface area contributed by atoms with E-state index in [0.29, 0.717) is 26.1 Å². The first-order valence-electron chi connectivity index (χ1n) is 22.4. The molecule has 0 heterocycles. The van der Waals surface area contributed by atoms with Gasteiger partial charge in [-0.05, 0) is 64.2 Å². The molecule has 0 radical (unpaired) electrons. The molecule has 0 aromatic rings. The highest BCUT2D eigenvalue weighted by Crippen LogP contribution is 2.12. The van der Waals surface area contributed by atoms with Crippen LogP contribution in [0.3, 0.4) is 0 Å². The van der Waals surface area contributed by atoms with E-state index >= 15 is 0 Å². The van der Waals surface area contributed by atoms with Gasteiger partial charge in [0.15, 0.2) is 0 Å². The van der Waals surface area contributed by atoms with Crippen LogP contribution >= 0.6 is 0 Å². The summed E-state index contributed by atoms with van der Waals surface area (Å²) in [5, 5.41) is 0. The zero-order valence-corrected chi connectivity index (χ0v) is 37.3. The SMILES string of the molecule is CCCCCCCC/C=C\CCCCCCCC(=O)OCCC[N+](C)(C)CCCOC(=O)CCCCCCC/C=C\CCCCCCCC.COS(=O)(=O)[O-]. The first kappa shape index (κ1) is 55.3. The molecular weight excluding hydrogens is 715 g/mol. The molecule has 0 spiro atoms. The molecule has 0 bridgehead atoms. The zero-order valence-electron chi connectivity index (χ0n) is 36.5. The van der Waals surface area contributed by atoms with E-state index in [4.69, 9.17) is 9.47 Å². The summed E-state index contributed by atoms with van der Waals surface area (Å²) in [5.41, 5.74) is 0. The van der Waals surface area contributed by atoms with Crippen molar-refractivity contribution in [3.05, 3.63) is 24.3 Å². The quantitative estimate of drug-likeness (QED) is 0.0150. The van der Waals surface area contributed by atoms with Crippen LogP contribution in [0, 0.1) is 0 Å². The fraction of sp³-hybridized carbons (Fsp3) is 0.867. The third kappa shape index (κ3) is 50.2. The maximum absolute atomic E-state index is 12.1. The lowest BCUT2D eigenvalue weighted by atomic mass is 10.1. The Kier molecular flexibility index (Phi) is 42.1. The molecule has 9 nitrogen and oxygen atoms in total. The number of ether oxygens (including phenoxy) is 2. The maximum Gasteiger partial charge on any atom is 0.305 e. The number of allylic oxidation sites excluding steroid dienone is 4. The predicted octanol–water partition coefficient (Wildman–Crippen LogP) is 12.1. The predicted molar refractivity (Wildman–Crippen MR) is 229 cm³/mol. The molecule has 0 saturated carbocycles. The minimum absolute atomic E-state index is 0.0546. The van der Waals surface area contributed by atoms with Gasteiger partial charge in [0.1, 0.15) is 0 Å². The van der Waals surface area contributed by atoms with Crippen molar-refractivity contribution < 1.29 is 40.7 Å². The summed E-state index contributed by atoms with van der Waals surface area (Å²) in [4.78, 5) is 24.2. The molecule has 0 unspecified atom stereocenters. The first-order valence-corrected chi connectivity index (χ1v) is 23.7. The van der Waals surface area contributed by atoms with Crippen LogP contribution in [0.15, 0.2) is 24.3 Å². The van der Waals surface area contributed by atoms with Gasteiger partial charge in [-0.25, -0.2) is 8.42 Å². The van der Waals surface area contributed by atoms with Crippen LogP contribution in [-0.4, -0.2) is 76.9 Å². The molecule has 55 heavy (non-hydrogen) atoms. The largest absolute Gasteiger partial charge is 0.726 e. The summed E-state index contributed by atoms with van der Waals surface area (Å²) < 4.78 is 42.8. The molecule has 0 aliphatic heterocycles. The molecule has 0 N–H and O–H groups in total. The van der Waals surface area contributed by atoms with Crippen molar-refractivity contribution in [2.24, 2.45) is 0 Å². The number of quaternary nitrogens is 1. The molecule has 0 fully saturated rings. The highest BCUT2D eigenvalue weighted by Gasteiger charge is 2.15. The van der Waals surface area contributed by atoms with Crippen molar-refractivity contribution in [3.8, 4) is 0 Å². The van der Waals surface area contributed by atoms with Crippen molar-refractivity contribution >= 4 is 22.3 Å². The van der Waals surface area contributed by atoms with Gasteiger partial charge in [0, 0.05) is 25.7 Å². The number of hydrogen-bond acceptors (Lipinski definition) is 8. The molecule has 0 amide bonds. The smallest absolute Gasteiger partial charge is 0.305 e. The van der Waals surface area contributed by atoms with Gasteiger partial charge in [-0.2, -0.15) is 0 Å². The van der Waals surface area contributed by atoms with Crippen molar-refractivity contribution in [1.29, 1.82) is 0 Å². The Hall–Kier alpha value is -1.75. The Balaban J connectivity index is 0. The summed E-state index contributed by atoms with van der Waals surface area (Å²) in [7, 11) is 0.786. The maximum atomic E-state index is 12.1. The third-order valence-corrected chi connectivity index (χ3v) is 10.2. The number of nitrogens with zero attached hydrogens (tertiary/aromatic N) is 1. The number of carbonyl (C=O) groups excluding carboxylic acids is 2. The number of hydrogen-bond donors (Lipinski definition) is 0. The molecule has 0 atom stereocenters. The van der Waals surface area contributed by atoms with E-state index in [0.717, 1.165) is 63.2 Å². The third-order valence-electron chi connectivity index (χ3n) is 9.83. The Morgan fingerprint density at radius 2 is 0.764 bits per heavy atom. The van der Waals surface area contributed by atoms with E-state index in [-0.39, 0.29) is 11.9 Å². The number of rotatable bonds is 39. The Bertz CT molecular complexity index is 950. The van der Waals surface area contributed by atoms with Gasteiger partial charge in [0.25, 0.3) is 0 Å². The number of carbonyl (C=O) groups is 2. The second-order valence-corrected chi connectivity index (χ2v) is 16.9. The van der Waals surface area contributed by atoms with Gasteiger partial charge in [-0.15, -0.1) is 0 Å². The topological polar surface area (TPSA) is 119 Å². The van der Waals surface area contributed by atoms with E-state index < -0.39 is 10.4 Å². The monoisotopic (exact) mass is 802 g/mol. The van der Waals surface area contributed by atoms with E-state index in [2.05, 4.69) is 56.4 Å². The van der Waals surface area contributed by atoms with Crippen molar-refractivity contribution in [3.63, 3.8) is 0 Å². The Morgan fingerprint density at radius 1 is 0.491 bits per heavy atom. The lowest BCUT2D eigenvalue weighted by Crippen LogP contribution is -2.42. The van der Waals surface area contributed by atoms with Gasteiger partial charge < -0.3 is 18.5 Å². The lowest BCUT2D eigenvalue weighted by Gasteiger charge is -2.29. The molecule has 0 rings (SSSR count). The van der Waals surface area contributed by atoms with Gasteiger partial charge >= 0.3 is 11.9 Å². The average molecular weight is 802 g/mol. The van der Waals surface area contributed by atoms with Crippen LogP contribution in [0.5, 0.6) is 0 Å². The minimum Gasteiger partial charge on any atom is -0.726 e. The molecular formula is C45H87NO8S. The number of unbranched alkanes of at least 4 members (excludes halogenated alkanes) is 22. The number of esters is 2. The summed E-state index contributed by atoms with van der Waals surface area (Å²) >= 11 is 0. The molecule has 326 valence electrons. The molecule has 0 aliphatic carbocycles. The Morgan fingerprint density at radius 3 is 1.05 bits per heavy atom. The van der Waals surface area contributed by atoms with Crippen molar-refractivity contribution in [2.45, 2.75) is 206 Å². The summed E-state index contributed by atoms with van der Waals surface area (Å²) in [5.74, 6) is -0.109. The lowest BCUT2D eigenvalue weighted by molar-refractivity contribution is -0.890. The highest BCUT2D eigenvalue weighted by molar-refractivity contribution is 7.80. The van der Waals surface area contributed by atoms with Crippen molar-refractivity contribution in [1.82, 2.24) is 0 Å². The van der Waals surface area contributed by atoms with Gasteiger partial charge in [0.2, 0.25) is 10.4 Å². The standard InChI is InChI=1S/C44H84NO4.CH4O4S/c1-5-7-9-11-13-15-17-19-21-23-25-27-29-31-33-37-43(46)48-41-35-39-45(3,4)40-36-42-49-44(47)38-34-32-30-28-26-24-22-20-18-16-14-12-10-8-6-2;1-5-6(2,3)4/h19-22H,5-18,23-42H2,1-4H3;1H3,(H,2,3,4)/q+1;/p-1/b21-19-,22-20-;. The van der Waals surface area contributed by atoms with E-state index in [1.807, 2.05) is 0 Å². The zero-order chi connectivity index (χ0) is 41.1. The molecule has 0 aromatic heterocycles. The van der Waals surface area contributed by atoms with E-state index in [9.17, 15) is 22.6 Å². The van der Waals surface area contributed by atoms with Gasteiger partial charge in [0.05, 0.1) is 47.5 Å². The van der Waals surface area contributed by atoms with Gasteiger partial charge in [-0.1, -0.05) is 141 Å². The van der Waals surface area contributed by atoms with Crippen LogP contribution in [0.25, 0.3) is 0 Å². The van der Waals surface area contributed by atoms with Crippen molar-refractivity contribution in [2.75, 3.05) is 47.5 Å². The van der Waals surface area contributed by atoms with Gasteiger partial charge in [-0.3, -0.25) is 13.8 Å². The molecule has 0 aromatic carbocycles. The molecule has 0 saturated heterocycles. The molecule has 10 heteroatoms. The average Bonchev–Trinajstić information content (AvgIpc) is 3.15. The normalized spacial score (nSPS) is 12.0. The highest BCUT2D eigenvalue weighted by atomic mass is 32.3. The van der Waals surface area contributed by atoms with Crippen LogP contribution in [0.2, 0.25) is 0 Å². The first-order chi connectivity index (χ1) is 26.5. The molecule has 0 aliphatic rings. The summed E-state index contributed by atoms with van der Waals surface area (Å²) in [6, 6.07) is 0. The summed E-state index contributed by atoms with van der Waals surface area (Å²) in [6.07, 6.45) is 45.1. The van der Waals surface area contributed by atoms with Crippen LogP contribution < -0.4 is 0 Å². The fourth-order valence-corrected chi connectivity index (χ4v) is 6.29. The van der Waals surface area contributed by atoms with E-state index in [1.165, 1.54) is 141 Å². The van der Waals surface area contributed by atoms with E-state index in [1.54, 1.807) is 0 Å². The summed E-state index contributed by atoms with van der Waals surface area (Å²) in [6.45, 7) is 7.43. The fourth-order valence-electron chi connectivity index (χ4n) is 6.29. The Labute approximate surface area is 340 Å². The van der Waals surface area contributed by atoms with Crippen LogP contribution in [0.4, 0.5) is 0 Å². The van der Waals surface area contributed by atoms with Crippen LogP contribution in [0.1, 0.15) is 206 Å². The minimum atomic E-state index is -4.41. The second kappa shape index (κ2) is 41.9. The van der Waals surface area contributed by atoms with Crippen LogP contribution in [-0.2, 0) is 33.6 Å². The second-order valence-electron chi connectivity index (χ2n) is 15.8.